The summed E-state index contributed by atoms with van der Waals surface area (Å²) in [5, 5.41) is 8.73. The van der Waals surface area contributed by atoms with E-state index in [1.807, 2.05) is 26.0 Å². The van der Waals surface area contributed by atoms with Gasteiger partial charge in [-0.05, 0) is 64.3 Å². The minimum absolute atomic E-state index is 0.0129. The average molecular weight is 487 g/mol. The van der Waals surface area contributed by atoms with E-state index in [1.54, 1.807) is 30.8 Å². The topological polar surface area (TPSA) is 160 Å². The SMILES string of the molecule is Cc1cc2nc3c(=O)[nH]c(=O)nc-3n(CCN(CCCC(=O)NO)C(=O)OC(C)(C)C)c2cc1C. The standard InChI is InChI=1S/C23H30N6O6/c1-13-11-15-16(12-14(13)2)29(19-18(24-15)20(31)26-21(32)25-19)10-9-28(8-6-7-17(30)27-34)22(33)35-23(3,4)5/h11-12,34H,6-10H2,1-5H3,(H,27,30)(H,26,31,32). The van der Waals surface area contributed by atoms with Crippen LogP contribution in [0.1, 0.15) is 44.7 Å². The fourth-order valence-corrected chi connectivity index (χ4v) is 3.60. The van der Waals surface area contributed by atoms with Gasteiger partial charge in [0.1, 0.15) is 5.60 Å². The second-order valence-electron chi connectivity index (χ2n) is 9.34. The maximum atomic E-state index is 12.9. The number of carbonyl (C=O) groups excluding carboxylic acids is 2. The molecule has 0 radical (unpaired) electrons. The van der Waals surface area contributed by atoms with Crippen molar-refractivity contribution in [3.8, 4) is 11.5 Å². The number of nitrogens with zero attached hydrogens (tertiary/aromatic N) is 4. The quantitative estimate of drug-likeness (QED) is 0.259. The molecule has 0 aliphatic carbocycles. The molecular weight excluding hydrogens is 456 g/mol. The van der Waals surface area contributed by atoms with Gasteiger partial charge in [-0.15, -0.1) is 0 Å². The number of aromatic nitrogens is 4. The Labute approximate surface area is 201 Å². The van der Waals surface area contributed by atoms with E-state index in [0.717, 1.165) is 11.1 Å². The van der Waals surface area contributed by atoms with Crippen molar-refractivity contribution in [2.75, 3.05) is 13.1 Å². The molecule has 0 aromatic heterocycles. The molecule has 0 spiro atoms. The Kier molecular flexibility index (Phi) is 7.54. The van der Waals surface area contributed by atoms with Crippen LogP contribution in [0.25, 0.3) is 22.6 Å². The number of ether oxygens (including phenoxy) is 1. The largest absolute Gasteiger partial charge is 0.444 e. The van der Waals surface area contributed by atoms with Crippen molar-refractivity contribution in [2.24, 2.45) is 0 Å². The lowest BCUT2D eigenvalue weighted by Gasteiger charge is -2.28. The zero-order valence-corrected chi connectivity index (χ0v) is 20.5. The van der Waals surface area contributed by atoms with Gasteiger partial charge in [0.2, 0.25) is 5.91 Å². The fourth-order valence-electron chi connectivity index (χ4n) is 3.60. The van der Waals surface area contributed by atoms with E-state index >= 15 is 0 Å². The highest BCUT2D eigenvalue weighted by atomic mass is 16.6. The van der Waals surface area contributed by atoms with E-state index in [9.17, 15) is 19.2 Å². The number of fused-ring (bicyclic) bond motifs is 2. The van der Waals surface area contributed by atoms with E-state index in [2.05, 4.69) is 15.0 Å². The Balaban J connectivity index is 2.02. The molecule has 1 aromatic rings. The second-order valence-corrected chi connectivity index (χ2v) is 9.34. The third-order valence-electron chi connectivity index (χ3n) is 5.43. The molecule has 1 aromatic carbocycles. The zero-order valence-electron chi connectivity index (χ0n) is 20.5. The molecule has 0 atom stereocenters. The summed E-state index contributed by atoms with van der Waals surface area (Å²) in [6, 6.07) is 3.75. The van der Waals surface area contributed by atoms with E-state index in [4.69, 9.17) is 9.94 Å². The van der Waals surface area contributed by atoms with Gasteiger partial charge < -0.3 is 14.2 Å². The van der Waals surface area contributed by atoms with Crippen LogP contribution in [0.2, 0.25) is 0 Å². The molecule has 188 valence electrons. The lowest BCUT2D eigenvalue weighted by atomic mass is 10.1. The van der Waals surface area contributed by atoms with Crippen LogP contribution in [0.3, 0.4) is 0 Å². The van der Waals surface area contributed by atoms with Crippen LogP contribution in [0.4, 0.5) is 4.79 Å². The summed E-state index contributed by atoms with van der Waals surface area (Å²) >= 11 is 0. The Morgan fingerprint density at radius 3 is 2.49 bits per heavy atom. The third-order valence-corrected chi connectivity index (χ3v) is 5.43. The number of benzene rings is 1. The van der Waals surface area contributed by atoms with Crippen molar-refractivity contribution in [1.82, 2.24) is 29.9 Å². The van der Waals surface area contributed by atoms with E-state index in [1.165, 1.54) is 4.90 Å². The first-order valence-corrected chi connectivity index (χ1v) is 11.2. The third kappa shape index (κ3) is 6.21. The number of rotatable bonds is 7. The Morgan fingerprint density at radius 1 is 1.14 bits per heavy atom. The molecule has 0 bridgehead atoms. The number of amides is 2. The van der Waals surface area contributed by atoms with Crippen molar-refractivity contribution in [3.05, 3.63) is 44.1 Å². The van der Waals surface area contributed by atoms with Gasteiger partial charge in [0.15, 0.2) is 11.5 Å². The number of hydrogen-bond acceptors (Lipinski definition) is 8. The summed E-state index contributed by atoms with van der Waals surface area (Å²) in [5.41, 5.74) is 2.59. The first-order chi connectivity index (χ1) is 16.4. The molecule has 2 aliphatic heterocycles. The predicted molar refractivity (Wildman–Crippen MR) is 127 cm³/mol. The Hall–Kier alpha value is -3.80. The van der Waals surface area contributed by atoms with Crippen molar-refractivity contribution >= 4 is 23.0 Å². The van der Waals surface area contributed by atoms with Crippen molar-refractivity contribution in [2.45, 2.75) is 59.6 Å². The number of aromatic amines is 1. The van der Waals surface area contributed by atoms with Gasteiger partial charge in [0, 0.05) is 26.1 Å². The molecule has 0 saturated heterocycles. The normalized spacial score (nSPS) is 11.6. The van der Waals surface area contributed by atoms with E-state index < -0.39 is 28.9 Å². The van der Waals surface area contributed by atoms with Crippen LogP contribution in [-0.4, -0.2) is 60.3 Å². The molecule has 0 fully saturated rings. The molecule has 35 heavy (non-hydrogen) atoms. The molecule has 0 saturated carbocycles. The van der Waals surface area contributed by atoms with Gasteiger partial charge in [-0.3, -0.25) is 19.8 Å². The molecule has 2 aliphatic rings. The van der Waals surface area contributed by atoms with Gasteiger partial charge in [-0.25, -0.2) is 20.1 Å². The van der Waals surface area contributed by atoms with Crippen LogP contribution < -0.4 is 16.7 Å². The molecule has 0 unspecified atom stereocenters. The van der Waals surface area contributed by atoms with Gasteiger partial charge >= 0.3 is 11.8 Å². The smallest absolute Gasteiger partial charge is 0.410 e. The number of nitrogens with one attached hydrogen (secondary N) is 2. The van der Waals surface area contributed by atoms with Crippen molar-refractivity contribution < 1.29 is 19.5 Å². The first-order valence-electron chi connectivity index (χ1n) is 11.2. The van der Waals surface area contributed by atoms with E-state index in [0.29, 0.717) is 11.0 Å². The molecular formula is C23H30N6O6. The van der Waals surface area contributed by atoms with Gasteiger partial charge in [0.25, 0.3) is 5.56 Å². The summed E-state index contributed by atoms with van der Waals surface area (Å²) < 4.78 is 7.21. The molecule has 12 nitrogen and oxygen atoms in total. The van der Waals surface area contributed by atoms with Gasteiger partial charge in [-0.2, -0.15) is 4.98 Å². The highest BCUT2D eigenvalue weighted by Gasteiger charge is 2.24. The number of H-pyrrole nitrogens is 1. The Bertz CT molecular complexity index is 1340. The summed E-state index contributed by atoms with van der Waals surface area (Å²) in [4.78, 5) is 60.8. The molecule has 2 heterocycles. The predicted octanol–water partition coefficient (Wildman–Crippen LogP) is 1.72. The number of aryl methyl sites for hydroxylation is 2. The maximum absolute atomic E-state index is 12.9. The molecule has 12 heteroatoms. The second kappa shape index (κ2) is 10.2. The minimum atomic E-state index is -0.791. The molecule has 3 N–H and O–H groups in total. The van der Waals surface area contributed by atoms with Gasteiger partial charge in [-0.1, -0.05) is 0 Å². The van der Waals surface area contributed by atoms with Crippen LogP contribution in [-0.2, 0) is 16.1 Å². The highest BCUT2D eigenvalue weighted by Crippen LogP contribution is 2.24. The highest BCUT2D eigenvalue weighted by molar-refractivity contribution is 5.81. The van der Waals surface area contributed by atoms with Crippen LogP contribution >= 0.6 is 0 Å². The maximum Gasteiger partial charge on any atom is 0.410 e. The zero-order chi connectivity index (χ0) is 25.9. The lowest BCUT2D eigenvalue weighted by molar-refractivity contribution is -0.129. The molecule has 3 rings (SSSR count). The van der Waals surface area contributed by atoms with Gasteiger partial charge in [0.05, 0.1) is 11.0 Å². The van der Waals surface area contributed by atoms with Crippen LogP contribution in [0.15, 0.2) is 21.7 Å². The van der Waals surface area contributed by atoms with Crippen molar-refractivity contribution in [1.29, 1.82) is 0 Å². The van der Waals surface area contributed by atoms with E-state index in [-0.39, 0.29) is 44.0 Å². The van der Waals surface area contributed by atoms with Crippen molar-refractivity contribution in [3.63, 3.8) is 0 Å². The average Bonchev–Trinajstić information content (AvgIpc) is 2.75. The summed E-state index contributed by atoms with van der Waals surface area (Å²) in [7, 11) is 0. The number of hydroxylamine groups is 1. The number of carbonyl (C=O) groups is 2. The molecule has 2 amide bonds. The Morgan fingerprint density at radius 2 is 1.83 bits per heavy atom. The lowest BCUT2D eigenvalue weighted by Crippen LogP contribution is -2.40. The van der Waals surface area contributed by atoms with Crippen LogP contribution in [0, 0.1) is 13.8 Å². The van der Waals surface area contributed by atoms with Crippen LogP contribution in [0.5, 0.6) is 0 Å². The number of hydrogen-bond donors (Lipinski definition) is 3. The fraction of sp³-hybridized carbons (Fsp3) is 0.478. The minimum Gasteiger partial charge on any atom is -0.444 e. The summed E-state index contributed by atoms with van der Waals surface area (Å²) in [6.45, 7) is 9.62. The summed E-state index contributed by atoms with van der Waals surface area (Å²) in [5.74, 6) is -0.454. The first kappa shape index (κ1) is 25.8. The monoisotopic (exact) mass is 486 g/mol. The summed E-state index contributed by atoms with van der Waals surface area (Å²) in [6.07, 6.45) is -0.277.